The highest BCUT2D eigenvalue weighted by molar-refractivity contribution is 6.09. The number of urea groups is 1. The molecule has 0 aromatic heterocycles. The van der Waals surface area contributed by atoms with Crippen LogP contribution < -0.4 is 20.9 Å². The molecule has 9 heteroatoms. The Kier molecular flexibility index (Phi) is 21.0. The molecular weight excluding hydrogens is 901 g/mol. The Hall–Kier alpha value is -6.39. The molecular formula is C64H80N6O3. The number of imide groups is 1. The van der Waals surface area contributed by atoms with Crippen LogP contribution in [0.15, 0.2) is 182 Å². The Morgan fingerprint density at radius 3 is 1.56 bits per heavy atom. The van der Waals surface area contributed by atoms with Crippen molar-refractivity contribution in [3.05, 3.63) is 210 Å². The summed E-state index contributed by atoms with van der Waals surface area (Å²) in [5, 5.41) is 8.28. The first-order valence-electron chi connectivity index (χ1n) is 27.2. The monoisotopic (exact) mass is 981 g/mol. The van der Waals surface area contributed by atoms with Gasteiger partial charge in [0.2, 0.25) is 5.91 Å². The molecule has 4 amide bonds. The van der Waals surface area contributed by atoms with E-state index in [9.17, 15) is 14.4 Å². The molecule has 0 spiro atoms. The molecule has 0 unspecified atom stereocenters. The van der Waals surface area contributed by atoms with E-state index in [1.165, 1.54) is 75.6 Å². The number of nitrogens with one attached hydrogen (secondary N) is 3. The van der Waals surface area contributed by atoms with E-state index in [4.69, 9.17) is 0 Å². The Morgan fingerprint density at radius 1 is 0.616 bits per heavy atom. The number of benzene rings is 6. The predicted octanol–water partition coefficient (Wildman–Crippen LogP) is 12.1. The van der Waals surface area contributed by atoms with E-state index in [1.54, 1.807) is 5.56 Å². The van der Waals surface area contributed by atoms with E-state index in [0.29, 0.717) is 24.0 Å². The minimum absolute atomic E-state index is 0.230. The van der Waals surface area contributed by atoms with Gasteiger partial charge in [-0.15, -0.1) is 0 Å². The Morgan fingerprint density at radius 2 is 1.08 bits per heavy atom. The number of para-hydroxylation sites is 1. The van der Waals surface area contributed by atoms with Gasteiger partial charge in [0.05, 0.1) is 0 Å². The molecule has 10 rings (SSSR count). The summed E-state index contributed by atoms with van der Waals surface area (Å²) in [4.78, 5) is 43.8. The maximum Gasteiger partial charge on any atom is 0.322 e. The lowest BCUT2D eigenvalue weighted by Gasteiger charge is -2.48. The number of carbonyl (C=O) groups is 3. The summed E-state index contributed by atoms with van der Waals surface area (Å²) in [5.74, 6) is -0.121. The second-order valence-corrected chi connectivity index (χ2v) is 20.0. The van der Waals surface area contributed by atoms with Gasteiger partial charge in [-0.25, -0.2) is 4.79 Å². The molecule has 1 atom stereocenters. The smallest absolute Gasteiger partial charge is 0.317 e. The van der Waals surface area contributed by atoms with Crippen molar-refractivity contribution in [2.45, 2.75) is 120 Å². The van der Waals surface area contributed by atoms with Gasteiger partial charge in [-0.1, -0.05) is 202 Å². The van der Waals surface area contributed by atoms with Crippen LogP contribution in [0.5, 0.6) is 0 Å². The van der Waals surface area contributed by atoms with Gasteiger partial charge in [0, 0.05) is 49.4 Å². The number of amides is 4. The SMILES string of the molecule is CCC(=O)N(c1ccccc1)C1CCN(CCc2ccccc2)CC1.CN[C@@H](C)Cc1ccccc1.O=C1NC(=O)C(c2ccccc2)(c2ccccc2)N1.c1ccc(C2(N3CCCCC3)CCCCC2)cc1. The van der Waals surface area contributed by atoms with Crippen LogP contribution in [0.4, 0.5) is 10.5 Å². The highest BCUT2D eigenvalue weighted by Crippen LogP contribution is 2.43. The van der Waals surface area contributed by atoms with Gasteiger partial charge in [0.1, 0.15) is 0 Å². The summed E-state index contributed by atoms with van der Waals surface area (Å²) in [6.45, 7) is 10.0. The van der Waals surface area contributed by atoms with Gasteiger partial charge in [0.15, 0.2) is 5.54 Å². The van der Waals surface area contributed by atoms with Gasteiger partial charge in [-0.2, -0.15) is 0 Å². The maximum atomic E-state index is 12.5. The summed E-state index contributed by atoms with van der Waals surface area (Å²) in [6.07, 6.45) is 16.1. The van der Waals surface area contributed by atoms with Gasteiger partial charge in [0.25, 0.3) is 5.91 Å². The third-order valence-corrected chi connectivity index (χ3v) is 15.2. The number of anilines is 1. The number of piperidine rings is 2. The van der Waals surface area contributed by atoms with E-state index in [-0.39, 0.29) is 11.8 Å². The molecule has 0 bridgehead atoms. The fourth-order valence-corrected chi connectivity index (χ4v) is 11.1. The highest BCUT2D eigenvalue weighted by Gasteiger charge is 2.49. The molecule has 4 fully saturated rings. The Labute approximate surface area is 436 Å². The number of hydrogen-bond donors (Lipinski definition) is 3. The first kappa shape index (κ1) is 54.4. The van der Waals surface area contributed by atoms with Crippen molar-refractivity contribution in [2.24, 2.45) is 0 Å². The summed E-state index contributed by atoms with van der Waals surface area (Å²) in [7, 11) is 1.99. The van der Waals surface area contributed by atoms with Crippen molar-refractivity contribution < 1.29 is 14.4 Å². The average Bonchev–Trinajstić information content (AvgIpc) is 3.78. The third kappa shape index (κ3) is 14.9. The van der Waals surface area contributed by atoms with Crippen LogP contribution in [0.1, 0.15) is 112 Å². The Balaban J connectivity index is 0.000000147. The molecule has 6 aromatic rings. The third-order valence-electron chi connectivity index (χ3n) is 15.2. The normalized spacial score (nSPS) is 17.9. The molecule has 3 heterocycles. The maximum absolute atomic E-state index is 12.5. The number of carbonyl (C=O) groups excluding carboxylic acids is 3. The summed E-state index contributed by atoms with van der Waals surface area (Å²) in [6, 6.07) is 61.5. The predicted molar refractivity (Wildman–Crippen MR) is 299 cm³/mol. The van der Waals surface area contributed by atoms with Crippen molar-refractivity contribution in [1.29, 1.82) is 0 Å². The van der Waals surface area contributed by atoms with Crippen LogP contribution in [-0.2, 0) is 33.5 Å². The average molecular weight is 981 g/mol. The van der Waals surface area contributed by atoms with Gasteiger partial charge in [-0.3, -0.25) is 19.8 Å². The van der Waals surface area contributed by atoms with Gasteiger partial charge < -0.3 is 20.4 Å². The van der Waals surface area contributed by atoms with E-state index in [1.807, 2.05) is 104 Å². The van der Waals surface area contributed by atoms with Crippen molar-refractivity contribution in [3.63, 3.8) is 0 Å². The van der Waals surface area contributed by atoms with Crippen LogP contribution in [0.25, 0.3) is 0 Å². The zero-order valence-corrected chi connectivity index (χ0v) is 43.8. The van der Waals surface area contributed by atoms with Crippen LogP contribution >= 0.6 is 0 Å². The highest BCUT2D eigenvalue weighted by atomic mass is 16.2. The van der Waals surface area contributed by atoms with Gasteiger partial charge in [-0.05, 0) is 118 Å². The molecule has 9 nitrogen and oxygen atoms in total. The minimum Gasteiger partial charge on any atom is -0.317 e. The number of likely N-dealkylation sites (N-methyl/N-ethyl adjacent to an activating group) is 1. The van der Waals surface area contributed by atoms with Crippen molar-refractivity contribution >= 4 is 23.5 Å². The van der Waals surface area contributed by atoms with E-state index in [0.717, 1.165) is 62.1 Å². The Bertz CT molecular complexity index is 2470. The van der Waals surface area contributed by atoms with E-state index < -0.39 is 11.6 Å². The van der Waals surface area contributed by atoms with Crippen molar-refractivity contribution in [1.82, 2.24) is 25.8 Å². The van der Waals surface area contributed by atoms with Crippen LogP contribution in [0.3, 0.4) is 0 Å². The minimum atomic E-state index is -1.14. The molecule has 3 saturated heterocycles. The topological polar surface area (TPSA) is 97.0 Å². The molecule has 0 radical (unpaired) electrons. The molecule has 6 aromatic carbocycles. The molecule has 384 valence electrons. The second kappa shape index (κ2) is 28.2. The first-order chi connectivity index (χ1) is 35.8. The molecule has 1 saturated carbocycles. The van der Waals surface area contributed by atoms with Gasteiger partial charge >= 0.3 is 6.03 Å². The summed E-state index contributed by atoms with van der Waals surface area (Å²) >= 11 is 0. The lowest BCUT2D eigenvalue weighted by atomic mass is 9.74. The molecule has 1 aliphatic carbocycles. The quantitative estimate of drug-likeness (QED) is 0.0998. The first-order valence-corrected chi connectivity index (χ1v) is 27.2. The summed E-state index contributed by atoms with van der Waals surface area (Å²) < 4.78 is 0. The number of hydrogen-bond acceptors (Lipinski definition) is 6. The number of nitrogens with zero attached hydrogens (tertiary/aromatic N) is 3. The van der Waals surface area contributed by atoms with Crippen LogP contribution in [-0.4, -0.2) is 79.5 Å². The largest absolute Gasteiger partial charge is 0.322 e. The number of rotatable bonds is 13. The molecule has 73 heavy (non-hydrogen) atoms. The fraction of sp³-hybridized carbons (Fsp3) is 0.391. The summed E-state index contributed by atoms with van der Waals surface area (Å²) in [5.41, 5.74) is 6.13. The molecule has 4 aliphatic rings. The molecule has 3 N–H and O–H groups in total. The molecule has 3 aliphatic heterocycles. The fourth-order valence-electron chi connectivity index (χ4n) is 11.1. The van der Waals surface area contributed by atoms with E-state index >= 15 is 0 Å². The van der Waals surface area contributed by atoms with Crippen molar-refractivity contribution in [3.8, 4) is 0 Å². The standard InChI is InChI=1S/C22H28N2O.C17H25N.C15H12N2O2.C10H15N/c1-2-22(25)24(20-11-7-4-8-12-20)21-14-17-23(18-15-21)16-13-19-9-5-3-6-10-19;1-4-10-16(11-5-1)17(12-6-2-7-13-17)18-14-8-3-9-15-18;18-13-15(17-14(19)16-13,11-7-3-1-4-8-11)12-9-5-2-6-10-12;1-9(11-2)8-10-6-4-3-5-7-10/h3-12,21H,2,13-18H2,1H3;1,4-5,10-11H,2-3,6-9,12-15H2;1-10H,(H2,16,17,18,19);3-7,9,11H,8H2,1-2H3/t;;;9-/m...0/s1. The lowest BCUT2D eigenvalue weighted by molar-refractivity contribution is -0.123. The van der Waals surface area contributed by atoms with Crippen LogP contribution in [0, 0.1) is 0 Å². The second-order valence-electron chi connectivity index (χ2n) is 20.0. The van der Waals surface area contributed by atoms with E-state index in [2.05, 4.69) is 130 Å². The number of likely N-dealkylation sites (tertiary alicyclic amines) is 2. The van der Waals surface area contributed by atoms with Crippen molar-refractivity contribution in [2.75, 3.05) is 44.7 Å². The zero-order chi connectivity index (χ0) is 51.1. The van der Waals surface area contributed by atoms with Crippen LogP contribution in [0.2, 0.25) is 0 Å². The zero-order valence-electron chi connectivity index (χ0n) is 43.8. The lowest BCUT2D eigenvalue weighted by Crippen LogP contribution is -2.49.